The van der Waals surface area contributed by atoms with E-state index in [1.807, 2.05) is 43.4 Å². The van der Waals surface area contributed by atoms with Gasteiger partial charge in [0.2, 0.25) is 0 Å². The zero-order valence-corrected chi connectivity index (χ0v) is 12.0. The van der Waals surface area contributed by atoms with Gasteiger partial charge in [0, 0.05) is 36.1 Å². The number of hydrogen-bond donors (Lipinski definition) is 1. The molecule has 0 aliphatic carbocycles. The van der Waals surface area contributed by atoms with Crippen LogP contribution in [0.2, 0.25) is 10.0 Å². The molecule has 1 aromatic rings. The lowest BCUT2D eigenvalue weighted by molar-refractivity contribution is 0.564. The molecule has 0 heterocycles. The second-order valence-electron chi connectivity index (χ2n) is 3.63. The van der Waals surface area contributed by atoms with Crippen molar-refractivity contribution in [1.82, 2.24) is 4.90 Å². The minimum atomic E-state index is 0.481. The van der Waals surface area contributed by atoms with Crippen molar-refractivity contribution in [1.29, 1.82) is 5.41 Å². The van der Waals surface area contributed by atoms with E-state index in [-0.39, 0.29) is 0 Å². The summed E-state index contributed by atoms with van der Waals surface area (Å²) in [6.07, 6.45) is 3.58. The summed E-state index contributed by atoms with van der Waals surface area (Å²) >= 11 is 13.5. The van der Waals surface area contributed by atoms with E-state index in [9.17, 15) is 0 Å². The molecule has 0 saturated heterocycles. The molecule has 0 saturated carbocycles. The maximum absolute atomic E-state index is 7.74. The summed E-state index contributed by atoms with van der Waals surface area (Å²) in [6, 6.07) is 5.43. The highest BCUT2D eigenvalue weighted by molar-refractivity contribution is 8.13. The SMILES string of the molecule is CN(C)C=CC(=N)SCc1c(Cl)cccc1Cl. The molecule has 0 aliphatic heterocycles. The molecule has 0 amide bonds. The monoisotopic (exact) mass is 288 g/mol. The number of nitrogens with one attached hydrogen (secondary N) is 1. The van der Waals surface area contributed by atoms with Crippen molar-refractivity contribution in [2.75, 3.05) is 14.1 Å². The summed E-state index contributed by atoms with van der Waals surface area (Å²) in [5.74, 6) is 0.606. The van der Waals surface area contributed by atoms with Crippen LogP contribution in [0.3, 0.4) is 0 Å². The molecule has 2 nitrogen and oxygen atoms in total. The van der Waals surface area contributed by atoms with Crippen LogP contribution in [0.15, 0.2) is 30.5 Å². The molecule has 1 N–H and O–H groups in total. The first kappa shape index (κ1) is 14.4. The third-order valence-electron chi connectivity index (χ3n) is 1.96. The second-order valence-corrected chi connectivity index (χ2v) is 5.46. The van der Waals surface area contributed by atoms with Gasteiger partial charge in [-0.2, -0.15) is 0 Å². The third kappa shape index (κ3) is 5.02. The number of nitrogens with zero attached hydrogens (tertiary/aromatic N) is 1. The number of hydrogen-bond acceptors (Lipinski definition) is 3. The van der Waals surface area contributed by atoms with Crippen LogP contribution in [0.4, 0.5) is 0 Å². The molecule has 0 unspecified atom stereocenters. The molecule has 0 aromatic heterocycles. The van der Waals surface area contributed by atoms with Gasteiger partial charge >= 0.3 is 0 Å². The van der Waals surface area contributed by atoms with Crippen molar-refractivity contribution in [3.05, 3.63) is 46.1 Å². The van der Waals surface area contributed by atoms with Gasteiger partial charge in [0.15, 0.2) is 0 Å². The van der Waals surface area contributed by atoms with Crippen LogP contribution in [0.1, 0.15) is 5.56 Å². The average molecular weight is 289 g/mol. The van der Waals surface area contributed by atoms with Gasteiger partial charge in [-0.3, -0.25) is 5.41 Å². The van der Waals surface area contributed by atoms with Gasteiger partial charge in [-0.25, -0.2) is 0 Å². The van der Waals surface area contributed by atoms with Crippen molar-refractivity contribution >= 4 is 40.0 Å². The van der Waals surface area contributed by atoms with E-state index < -0.39 is 0 Å². The normalized spacial score (nSPS) is 10.8. The molecule has 17 heavy (non-hydrogen) atoms. The highest BCUT2D eigenvalue weighted by Gasteiger charge is 2.06. The molecule has 0 atom stereocenters. The van der Waals surface area contributed by atoms with E-state index in [1.165, 1.54) is 11.8 Å². The first-order valence-corrected chi connectivity index (χ1v) is 6.73. The lowest BCUT2D eigenvalue weighted by atomic mass is 10.2. The van der Waals surface area contributed by atoms with Crippen LogP contribution in [-0.2, 0) is 5.75 Å². The zero-order valence-electron chi connectivity index (χ0n) is 9.71. The fourth-order valence-corrected chi connectivity index (χ4v) is 2.54. The van der Waals surface area contributed by atoms with E-state index in [4.69, 9.17) is 28.6 Å². The number of benzene rings is 1. The van der Waals surface area contributed by atoms with Crippen LogP contribution >= 0.6 is 35.0 Å². The molecule has 0 bridgehead atoms. The van der Waals surface area contributed by atoms with Gasteiger partial charge < -0.3 is 4.90 Å². The van der Waals surface area contributed by atoms with E-state index in [1.54, 1.807) is 6.08 Å². The summed E-state index contributed by atoms with van der Waals surface area (Å²) in [6.45, 7) is 0. The molecule has 92 valence electrons. The van der Waals surface area contributed by atoms with Crippen molar-refractivity contribution in [3.63, 3.8) is 0 Å². The summed E-state index contributed by atoms with van der Waals surface area (Å²) < 4.78 is 0. The van der Waals surface area contributed by atoms with E-state index in [2.05, 4.69) is 0 Å². The molecule has 5 heteroatoms. The standard InChI is InChI=1S/C12H14Cl2N2S/c1-16(2)7-6-12(15)17-8-9-10(13)4-3-5-11(9)14/h3-7,15H,8H2,1-2H3. The molecule has 1 aromatic carbocycles. The van der Waals surface area contributed by atoms with Gasteiger partial charge in [0.25, 0.3) is 0 Å². The minimum absolute atomic E-state index is 0.481. The number of rotatable bonds is 4. The predicted molar refractivity (Wildman–Crippen MR) is 78.3 cm³/mol. The Hall–Kier alpha value is -0.640. The first-order valence-electron chi connectivity index (χ1n) is 4.99. The summed E-state index contributed by atoms with van der Waals surface area (Å²) in [5.41, 5.74) is 0.879. The molecule has 0 radical (unpaired) electrons. The molecular weight excluding hydrogens is 275 g/mol. The topological polar surface area (TPSA) is 27.1 Å². The Morgan fingerprint density at radius 3 is 2.47 bits per heavy atom. The quantitative estimate of drug-likeness (QED) is 0.661. The number of halogens is 2. The molecule has 0 aliphatic rings. The van der Waals surface area contributed by atoms with E-state index in [0.717, 1.165) is 5.56 Å². The highest BCUT2D eigenvalue weighted by Crippen LogP contribution is 2.28. The molecule has 1 rings (SSSR count). The van der Waals surface area contributed by atoms with Gasteiger partial charge in [-0.15, -0.1) is 11.8 Å². The Balaban J connectivity index is 2.59. The maximum Gasteiger partial charge on any atom is 0.0887 e. The largest absolute Gasteiger partial charge is 0.383 e. The van der Waals surface area contributed by atoms with Crippen LogP contribution in [-0.4, -0.2) is 24.0 Å². The van der Waals surface area contributed by atoms with Crippen LogP contribution in [0.25, 0.3) is 0 Å². The maximum atomic E-state index is 7.74. The van der Waals surface area contributed by atoms with Crippen LogP contribution in [0, 0.1) is 5.41 Å². The second kappa shape index (κ2) is 6.94. The van der Waals surface area contributed by atoms with Gasteiger partial charge in [0.05, 0.1) is 5.04 Å². The molecule has 0 fully saturated rings. The van der Waals surface area contributed by atoms with Crippen molar-refractivity contribution in [2.45, 2.75) is 5.75 Å². The van der Waals surface area contributed by atoms with Gasteiger partial charge in [0.1, 0.15) is 0 Å². The van der Waals surface area contributed by atoms with Gasteiger partial charge in [-0.1, -0.05) is 29.3 Å². The first-order chi connectivity index (χ1) is 8.00. The Labute approximate surface area is 116 Å². The van der Waals surface area contributed by atoms with Crippen molar-refractivity contribution < 1.29 is 0 Å². The number of thioether (sulfide) groups is 1. The minimum Gasteiger partial charge on any atom is -0.383 e. The zero-order chi connectivity index (χ0) is 12.8. The third-order valence-corrected chi connectivity index (χ3v) is 3.55. The van der Waals surface area contributed by atoms with Gasteiger partial charge in [-0.05, 0) is 23.8 Å². The van der Waals surface area contributed by atoms with E-state index in [0.29, 0.717) is 20.8 Å². The van der Waals surface area contributed by atoms with E-state index >= 15 is 0 Å². The van der Waals surface area contributed by atoms with Crippen molar-refractivity contribution in [2.24, 2.45) is 0 Å². The fourth-order valence-electron chi connectivity index (χ4n) is 1.09. The Morgan fingerprint density at radius 2 is 1.94 bits per heavy atom. The Morgan fingerprint density at radius 1 is 1.35 bits per heavy atom. The smallest absolute Gasteiger partial charge is 0.0887 e. The fraction of sp³-hybridized carbons (Fsp3) is 0.250. The van der Waals surface area contributed by atoms with Crippen LogP contribution in [0.5, 0.6) is 0 Å². The lowest BCUT2D eigenvalue weighted by Crippen LogP contribution is -2.01. The average Bonchev–Trinajstić information content (AvgIpc) is 2.25. The Bertz CT molecular complexity index is 410. The lowest BCUT2D eigenvalue weighted by Gasteiger charge is -2.06. The highest BCUT2D eigenvalue weighted by atomic mass is 35.5. The Kier molecular flexibility index (Phi) is 5.89. The van der Waals surface area contributed by atoms with Crippen molar-refractivity contribution in [3.8, 4) is 0 Å². The summed E-state index contributed by atoms with van der Waals surface area (Å²) in [5, 5.41) is 9.51. The predicted octanol–water partition coefficient (Wildman–Crippen LogP) is 4.28. The van der Waals surface area contributed by atoms with Crippen LogP contribution < -0.4 is 0 Å². The molecular formula is C12H14Cl2N2S. The summed E-state index contributed by atoms with van der Waals surface area (Å²) in [7, 11) is 3.83. The summed E-state index contributed by atoms with van der Waals surface area (Å²) in [4.78, 5) is 1.89. The molecule has 0 spiro atoms.